The number of nitrogens with one attached hydrogen (secondary N) is 1. The number of hydrogen-bond acceptors (Lipinski definition) is 4. The van der Waals surface area contributed by atoms with Gasteiger partial charge in [0, 0.05) is 36.6 Å². The molecule has 0 aliphatic carbocycles. The summed E-state index contributed by atoms with van der Waals surface area (Å²) >= 11 is 0. The van der Waals surface area contributed by atoms with Crippen LogP contribution in [0.2, 0.25) is 0 Å². The predicted octanol–water partition coefficient (Wildman–Crippen LogP) is 3.91. The van der Waals surface area contributed by atoms with Crippen LogP contribution in [-0.2, 0) is 0 Å². The summed E-state index contributed by atoms with van der Waals surface area (Å²) in [5, 5.41) is 4.83. The van der Waals surface area contributed by atoms with Crippen LogP contribution >= 0.6 is 0 Å². The first-order valence-corrected chi connectivity index (χ1v) is 9.70. The van der Waals surface area contributed by atoms with Crippen LogP contribution in [0.25, 0.3) is 10.8 Å². The van der Waals surface area contributed by atoms with Crippen molar-refractivity contribution in [3.63, 3.8) is 0 Å². The Kier molecular flexibility index (Phi) is 4.28. The molecule has 2 amide bonds. The predicted molar refractivity (Wildman–Crippen MR) is 115 cm³/mol. The van der Waals surface area contributed by atoms with Gasteiger partial charge < -0.3 is 9.88 Å². The zero-order chi connectivity index (χ0) is 20.7. The lowest BCUT2D eigenvalue weighted by Crippen LogP contribution is -2.43. The van der Waals surface area contributed by atoms with Crippen molar-refractivity contribution in [1.82, 2.24) is 14.5 Å². The number of anilines is 2. The Hall–Kier alpha value is -4.00. The van der Waals surface area contributed by atoms with Crippen LogP contribution in [0.15, 0.2) is 73.3 Å². The van der Waals surface area contributed by atoms with Crippen LogP contribution in [-0.4, -0.2) is 32.9 Å². The number of rotatable bonds is 3. The van der Waals surface area contributed by atoms with Crippen molar-refractivity contribution in [3.8, 4) is 0 Å². The third-order valence-corrected chi connectivity index (χ3v) is 5.34. The molecule has 0 spiro atoms. The van der Waals surface area contributed by atoms with Crippen LogP contribution in [0.1, 0.15) is 33.8 Å². The van der Waals surface area contributed by atoms with Crippen LogP contribution in [0.3, 0.4) is 0 Å². The Balaban J connectivity index is 1.51. The van der Waals surface area contributed by atoms with Gasteiger partial charge in [-0.3, -0.25) is 19.5 Å². The van der Waals surface area contributed by atoms with Crippen molar-refractivity contribution in [3.05, 3.63) is 84.6 Å². The summed E-state index contributed by atoms with van der Waals surface area (Å²) in [4.78, 5) is 36.4. The van der Waals surface area contributed by atoms with E-state index in [2.05, 4.69) is 15.3 Å². The van der Waals surface area contributed by atoms with Gasteiger partial charge in [-0.2, -0.15) is 0 Å². The number of nitrogens with zero attached hydrogens (tertiary/aromatic N) is 4. The Bertz CT molecular complexity index is 1270. The van der Waals surface area contributed by atoms with Crippen molar-refractivity contribution in [1.29, 1.82) is 0 Å². The van der Waals surface area contributed by atoms with E-state index in [1.54, 1.807) is 47.9 Å². The molecule has 5 rings (SSSR count). The fraction of sp³-hybridized carbons (Fsp3) is 0.130. The molecule has 30 heavy (non-hydrogen) atoms. The average Bonchev–Trinajstić information content (AvgIpc) is 3.23. The van der Waals surface area contributed by atoms with Crippen LogP contribution < -0.4 is 10.2 Å². The molecule has 0 bridgehead atoms. The van der Waals surface area contributed by atoms with Crippen LogP contribution in [0.4, 0.5) is 11.5 Å². The summed E-state index contributed by atoms with van der Waals surface area (Å²) in [6, 6.07) is 15.0. The van der Waals surface area contributed by atoms with E-state index in [1.165, 1.54) is 0 Å². The molecule has 1 N–H and O–H groups in total. The molecular weight excluding hydrogens is 378 g/mol. The molecular formula is C23H19N5O2. The summed E-state index contributed by atoms with van der Waals surface area (Å²) in [7, 11) is 0. The highest BCUT2D eigenvalue weighted by Crippen LogP contribution is 2.30. The maximum Gasteiger partial charge on any atom is 0.276 e. The fourth-order valence-electron chi connectivity index (χ4n) is 3.84. The highest BCUT2D eigenvalue weighted by atomic mass is 16.2. The number of benzene rings is 1. The molecule has 1 atom stereocenters. The number of fused-ring (bicyclic) bond motifs is 2. The van der Waals surface area contributed by atoms with Crippen molar-refractivity contribution < 1.29 is 9.59 Å². The Morgan fingerprint density at radius 1 is 1.10 bits per heavy atom. The third-order valence-electron chi connectivity index (χ3n) is 5.34. The molecule has 1 aliphatic heterocycles. The normalized spacial score (nSPS) is 15.8. The molecule has 7 heteroatoms. The highest BCUT2D eigenvalue weighted by molar-refractivity contribution is 6.16. The first kappa shape index (κ1) is 18.1. The summed E-state index contributed by atoms with van der Waals surface area (Å²) in [5.41, 5.74) is 1.28. The van der Waals surface area contributed by atoms with Crippen molar-refractivity contribution >= 4 is 34.1 Å². The largest absolute Gasteiger partial charge is 0.338 e. The van der Waals surface area contributed by atoms with Gasteiger partial charge >= 0.3 is 0 Å². The zero-order valence-corrected chi connectivity index (χ0v) is 16.3. The molecule has 0 fully saturated rings. The van der Waals surface area contributed by atoms with Gasteiger partial charge in [-0.15, -0.1) is 0 Å². The number of aromatic nitrogens is 3. The Labute approximate surface area is 173 Å². The molecule has 1 aliphatic rings. The maximum absolute atomic E-state index is 13.4. The average molecular weight is 397 g/mol. The minimum absolute atomic E-state index is 0.00547. The number of carbonyl (C=O) groups excluding carboxylic acids is 2. The molecule has 0 unspecified atom stereocenters. The molecule has 3 aromatic heterocycles. The quantitative estimate of drug-likeness (QED) is 0.568. The second kappa shape index (κ2) is 7.11. The van der Waals surface area contributed by atoms with Gasteiger partial charge in [0.05, 0.1) is 17.4 Å². The summed E-state index contributed by atoms with van der Waals surface area (Å²) in [5.74, 6) is -0.000504. The van der Waals surface area contributed by atoms with E-state index in [-0.39, 0.29) is 17.9 Å². The SMILES string of the molecule is C[C@H]1CN(c2cc3ccccc3cn2)C(=O)c2c(C(=O)Nc3cccnc3)ccn21. The number of carbonyl (C=O) groups is 2. The standard InChI is InChI=1S/C23H19N5O2/c1-15-14-28(20-11-16-5-2-3-6-17(16)12-25-20)23(30)21-19(8-10-27(15)21)22(29)26-18-7-4-9-24-13-18/h2-13,15H,14H2,1H3,(H,26,29)/t15-/m0/s1. The van der Waals surface area contributed by atoms with E-state index in [0.717, 1.165) is 10.8 Å². The lowest BCUT2D eigenvalue weighted by molar-refractivity contribution is 0.0941. The lowest BCUT2D eigenvalue weighted by Gasteiger charge is -2.32. The first-order chi connectivity index (χ1) is 14.6. The van der Waals surface area contributed by atoms with Gasteiger partial charge in [0.1, 0.15) is 11.5 Å². The molecule has 4 heterocycles. The minimum Gasteiger partial charge on any atom is -0.338 e. The monoisotopic (exact) mass is 397 g/mol. The summed E-state index contributed by atoms with van der Waals surface area (Å²) in [6.45, 7) is 2.50. The maximum atomic E-state index is 13.4. The van der Waals surface area contributed by atoms with E-state index in [0.29, 0.717) is 29.3 Å². The van der Waals surface area contributed by atoms with Gasteiger partial charge in [0.25, 0.3) is 11.8 Å². The van der Waals surface area contributed by atoms with Crippen molar-refractivity contribution in [2.45, 2.75) is 13.0 Å². The van der Waals surface area contributed by atoms with Gasteiger partial charge in [0.2, 0.25) is 0 Å². The molecule has 0 radical (unpaired) electrons. The van der Waals surface area contributed by atoms with Crippen LogP contribution in [0, 0.1) is 0 Å². The highest BCUT2D eigenvalue weighted by Gasteiger charge is 2.34. The van der Waals surface area contributed by atoms with Crippen molar-refractivity contribution in [2.24, 2.45) is 0 Å². The van der Waals surface area contributed by atoms with Crippen LogP contribution in [0.5, 0.6) is 0 Å². The van der Waals surface area contributed by atoms with E-state index in [1.807, 2.05) is 41.8 Å². The van der Waals surface area contributed by atoms with Gasteiger partial charge in [-0.1, -0.05) is 24.3 Å². The second-order valence-electron chi connectivity index (χ2n) is 7.34. The van der Waals surface area contributed by atoms with E-state index in [9.17, 15) is 9.59 Å². The van der Waals surface area contributed by atoms with Crippen molar-refractivity contribution in [2.75, 3.05) is 16.8 Å². The molecule has 148 valence electrons. The third kappa shape index (κ3) is 3.00. The Morgan fingerprint density at radius 3 is 2.73 bits per heavy atom. The molecule has 0 saturated carbocycles. The van der Waals surface area contributed by atoms with E-state index in [4.69, 9.17) is 0 Å². The minimum atomic E-state index is -0.342. The van der Waals surface area contributed by atoms with Gasteiger partial charge in [0.15, 0.2) is 0 Å². The number of pyridine rings is 2. The Morgan fingerprint density at radius 2 is 1.93 bits per heavy atom. The number of amides is 2. The fourth-order valence-corrected chi connectivity index (χ4v) is 3.84. The topological polar surface area (TPSA) is 80.1 Å². The first-order valence-electron chi connectivity index (χ1n) is 9.70. The summed E-state index contributed by atoms with van der Waals surface area (Å²) in [6.07, 6.45) is 6.76. The van der Waals surface area contributed by atoms with E-state index >= 15 is 0 Å². The second-order valence-corrected chi connectivity index (χ2v) is 7.34. The smallest absolute Gasteiger partial charge is 0.276 e. The zero-order valence-electron chi connectivity index (χ0n) is 16.3. The van der Waals surface area contributed by atoms with Gasteiger partial charge in [-0.05, 0) is 36.6 Å². The molecule has 1 aromatic carbocycles. The molecule has 7 nitrogen and oxygen atoms in total. The molecule has 0 saturated heterocycles. The van der Waals surface area contributed by atoms with Gasteiger partial charge in [-0.25, -0.2) is 4.98 Å². The molecule has 4 aromatic rings. The number of hydrogen-bond donors (Lipinski definition) is 1. The summed E-state index contributed by atoms with van der Waals surface area (Å²) < 4.78 is 1.86. The van der Waals surface area contributed by atoms with E-state index < -0.39 is 0 Å². The lowest BCUT2D eigenvalue weighted by atomic mass is 10.1.